The Morgan fingerprint density at radius 2 is 2.15 bits per heavy atom. The second-order valence-electron chi connectivity index (χ2n) is 3.97. The van der Waals surface area contributed by atoms with Crippen molar-refractivity contribution < 1.29 is 19.6 Å². The van der Waals surface area contributed by atoms with E-state index in [4.69, 9.17) is 9.84 Å². The molecule has 0 radical (unpaired) electrons. The fourth-order valence-electron chi connectivity index (χ4n) is 1.65. The summed E-state index contributed by atoms with van der Waals surface area (Å²) in [6.07, 6.45) is 1.38. The van der Waals surface area contributed by atoms with Gasteiger partial charge in [0.2, 0.25) is 0 Å². The van der Waals surface area contributed by atoms with Crippen LogP contribution in [0.15, 0.2) is 36.5 Å². The van der Waals surface area contributed by atoms with Crippen LogP contribution < -0.4 is 4.74 Å². The molecule has 2 rings (SSSR count). The number of aryl methyl sites for hydroxylation is 1. The Kier molecular flexibility index (Phi) is 3.60. The highest BCUT2D eigenvalue weighted by molar-refractivity contribution is 5.89. The zero-order valence-electron chi connectivity index (χ0n) is 10.4. The molecule has 0 atom stereocenters. The molecule has 0 amide bonds. The number of aromatic nitrogens is 1. The lowest BCUT2D eigenvalue weighted by molar-refractivity contribution is -0.386. The minimum atomic E-state index is -1.04. The third kappa shape index (κ3) is 2.72. The topological polar surface area (TPSA) is 103 Å². The minimum absolute atomic E-state index is 0.139. The van der Waals surface area contributed by atoms with Gasteiger partial charge < -0.3 is 9.84 Å². The second kappa shape index (κ2) is 5.35. The van der Waals surface area contributed by atoms with Crippen LogP contribution in [0.2, 0.25) is 0 Å². The van der Waals surface area contributed by atoms with Gasteiger partial charge in [-0.3, -0.25) is 10.1 Å². The fourth-order valence-corrected chi connectivity index (χ4v) is 1.65. The zero-order valence-corrected chi connectivity index (χ0v) is 10.4. The molecule has 7 nitrogen and oxygen atoms in total. The zero-order chi connectivity index (χ0) is 14.7. The standard InChI is InChI=1S/C13H10N2O5/c1-8-7-9(4-5-10(8)13(16)17)20-12-11(15(18)19)3-2-6-14-12/h2-7H,1H3,(H,16,17). The van der Waals surface area contributed by atoms with E-state index in [1.165, 1.54) is 36.5 Å². The van der Waals surface area contributed by atoms with Crippen molar-refractivity contribution in [1.82, 2.24) is 4.98 Å². The Balaban J connectivity index is 2.34. The number of hydrogen-bond acceptors (Lipinski definition) is 5. The maximum atomic E-state index is 10.9. The maximum absolute atomic E-state index is 10.9. The van der Waals surface area contributed by atoms with Crippen LogP contribution in [0.4, 0.5) is 5.69 Å². The molecule has 20 heavy (non-hydrogen) atoms. The average Bonchev–Trinajstić information content (AvgIpc) is 2.38. The van der Waals surface area contributed by atoms with E-state index in [2.05, 4.69) is 4.98 Å². The van der Waals surface area contributed by atoms with Crippen molar-refractivity contribution in [3.8, 4) is 11.6 Å². The van der Waals surface area contributed by atoms with E-state index in [1.54, 1.807) is 6.92 Å². The molecule has 0 unspecified atom stereocenters. The molecule has 0 aliphatic heterocycles. The van der Waals surface area contributed by atoms with Gasteiger partial charge in [-0.15, -0.1) is 0 Å². The summed E-state index contributed by atoms with van der Waals surface area (Å²) in [5.41, 5.74) is 0.383. The number of benzene rings is 1. The summed E-state index contributed by atoms with van der Waals surface area (Å²) in [5.74, 6) is -0.896. The summed E-state index contributed by atoms with van der Waals surface area (Å²) < 4.78 is 5.34. The van der Waals surface area contributed by atoms with E-state index in [-0.39, 0.29) is 22.9 Å². The molecule has 0 saturated heterocycles. The summed E-state index contributed by atoms with van der Waals surface area (Å²) in [5, 5.41) is 19.8. The first-order chi connectivity index (χ1) is 9.49. The number of nitrogens with zero attached hydrogens (tertiary/aromatic N) is 2. The van der Waals surface area contributed by atoms with Gasteiger partial charge in [-0.25, -0.2) is 9.78 Å². The van der Waals surface area contributed by atoms with Crippen LogP contribution >= 0.6 is 0 Å². The Labute approximate surface area is 113 Å². The Hall–Kier alpha value is -2.96. The third-order valence-corrected chi connectivity index (χ3v) is 2.59. The molecule has 0 saturated carbocycles. The molecule has 102 valence electrons. The van der Waals surface area contributed by atoms with Crippen LogP contribution in [0.5, 0.6) is 11.6 Å². The average molecular weight is 274 g/mol. The summed E-state index contributed by atoms with van der Waals surface area (Å²) >= 11 is 0. The number of hydrogen-bond donors (Lipinski definition) is 1. The Morgan fingerprint density at radius 3 is 2.75 bits per heavy atom. The van der Waals surface area contributed by atoms with Gasteiger partial charge in [0.25, 0.3) is 5.88 Å². The Bertz CT molecular complexity index is 684. The molecule has 1 N–H and O–H groups in total. The molecule has 2 aromatic rings. The summed E-state index contributed by atoms with van der Waals surface area (Å²) in [7, 11) is 0. The van der Waals surface area contributed by atoms with Gasteiger partial charge >= 0.3 is 11.7 Å². The molecule has 7 heteroatoms. The molecule has 1 heterocycles. The van der Waals surface area contributed by atoms with E-state index in [0.717, 1.165) is 0 Å². The van der Waals surface area contributed by atoms with Gasteiger partial charge in [0.15, 0.2) is 0 Å². The number of ether oxygens (including phenoxy) is 1. The minimum Gasteiger partial charge on any atom is -0.478 e. The van der Waals surface area contributed by atoms with Crippen LogP contribution in [0.3, 0.4) is 0 Å². The lowest BCUT2D eigenvalue weighted by Crippen LogP contribution is -2.00. The van der Waals surface area contributed by atoms with Crippen molar-refractivity contribution in [2.45, 2.75) is 6.92 Å². The van der Waals surface area contributed by atoms with Crippen LogP contribution in [0, 0.1) is 17.0 Å². The highest BCUT2D eigenvalue weighted by atomic mass is 16.6. The Morgan fingerprint density at radius 1 is 1.40 bits per heavy atom. The van der Waals surface area contributed by atoms with Gasteiger partial charge in [0.1, 0.15) is 5.75 Å². The summed E-state index contributed by atoms with van der Waals surface area (Å²) in [6.45, 7) is 1.61. The number of aromatic carboxylic acids is 1. The fraction of sp³-hybridized carbons (Fsp3) is 0.0769. The van der Waals surface area contributed by atoms with Crippen LogP contribution in [0.1, 0.15) is 15.9 Å². The van der Waals surface area contributed by atoms with Crippen molar-refractivity contribution in [3.63, 3.8) is 0 Å². The maximum Gasteiger partial charge on any atom is 0.335 e. The molecule has 1 aromatic heterocycles. The van der Waals surface area contributed by atoms with Crippen LogP contribution in [0.25, 0.3) is 0 Å². The van der Waals surface area contributed by atoms with Crippen molar-refractivity contribution in [2.75, 3.05) is 0 Å². The molecular formula is C13H10N2O5. The molecule has 0 bridgehead atoms. The van der Waals surface area contributed by atoms with Gasteiger partial charge in [-0.05, 0) is 36.8 Å². The molecule has 0 aliphatic carbocycles. The van der Waals surface area contributed by atoms with Crippen molar-refractivity contribution in [2.24, 2.45) is 0 Å². The van der Waals surface area contributed by atoms with Crippen molar-refractivity contribution in [1.29, 1.82) is 0 Å². The third-order valence-electron chi connectivity index (χ3n) is 2.59. The van der Waals surface area contributed by atoms with E-state index in [9.17, 15) is 14.9 Å². The number of carboxylic acid groups (broad SMARTS) is 1. The number of carbonyl (C=O) groups is 1. The van der Waals surface area contributed by atoms with Gasteiger partial charge in [0, 0.05) is 12.3 Å². The first kappa shape index (κ1) is 13.5. The van der Waals surface area contributed by atoms with E-state index in [1.807, 2.05) is 0 Å². The highest BCUT2D eigenvalue weighted by Crippen LogP contribution is 2.29. The van der Waals surface area contributed by atoms with Crippen molar-refractivity contribution in [3.05, 3.63) is 57.8 Å². The molecule has 0 fully saturated rings. The number of carboxylic acids is 1. The number of nitro groups is 1. The predicted octanol–water partition coefficient (Wildman–Crippen LogP) is 2.79. The van der Waals surface area contributed by atoms with Crippen LogP contribution in [-0.4, -0.2) is 21.0 Å². The highest BCUT2D eigenvalue weighted by Gasteiger charge is 2.17. The van der Waals surface area contributed by atoms with E-state index >= 15 is 0 Å². The predicted molar refractivity (Wildman–Crippen MR) is 69.1 cm³/mol. The first-order valence-electron chi connectivity index (χ1n) is 5.60. The van der Waals surface area contributed by atoms with Gasteiger partial charge in [0.05, 0.1) is 10.5 Å². The van der Waals surface area contributed by atoms with Gasteiger partial charge in [-0.1, -0.05) is 0 Å². The van der Waals surface area contributed by atoms with Gasteiger partial charge in [-0.2, -0.15) is 0 Å². The number of rotatable bonds is 4. The molecular weight excluding hydrogens is 264 g/mol. The number of pyridine rings is 1. The summed E-state index contributed by atoms with van der Waals surface area (Å²) in [6, 6.07) is 7.00. The van der Waals surface area contributed by atoms with Crippen LogP contribution in [-0.2, 0) is 0 Å². The largest absolute Gasteiger partial charge is 0.478 e. The quantitative estimate of drug-likeness (QED) is 0.679. The lowest BCUT2D eigenvalue weighted by atomic mass is 10.1. The monoisotopic (exact) mass is 274 g/mol. The summed E-state index contributed by atoms with van der Waals surface area (Å²) in [4.78, 5) is 24.9. The normalized spacial score (nSPS) is 10.1. The molecule has 0 spiro atoms. The van der Waals surface area contributed by atoms with E-state index < -0.39 is 10.9 Å². The van der Waals surface area contributed by atoms with Crippen molar-refractivity contribution >= 4 is 11.7 Å². The van der Waals surface area contributed by atoms with E-state index in [0.29, 0.717) is 5.56 Å². The molecule has 0 aliphatic rings. The SMILES string of the molecule is Cc1cc(Oc2ncccc2[N+](=O)[O-])ccc1C(=O)O. The smallest absolute Gasteiger partial charge is 0.335 e. The first-order valence-corrected chi connectivity index (χ1v) is 5.60. The molecule has 1 aromatic carbocycles. The second-order valence-corrected chi connectivity index (χ2v) is 3.97. The lowest BCUT2D eigenvalue weighted by Gasteiger charge is -2.07.